The van der Waals surface area contributed by atoms with Crippen LogP contribution in [0.4, 0.5) is 0 Å². The second-order valence-corrected chi connectivity index (χ2v) is 8.21. The molecule has 0 amide bonds. The number of aliphatic hydroxyl groups is 1. The van der Waals surface area contributed by atoms with Gasteiger partial charge in [0, 0.05) is 11.6 Å². The average Bonchev–Trinajstić information content (AvgIpc) is 2.84. The number of likely N-dealkylation sites (N-methyl/N-ethyl adjacent to an activating group) is 1. The number of benzene rings is 1. The monoisotopic (exact) mass is 347 g/mol. The van der Waals surface area contributed by atoms with Crippen molar-refractivity contribution in [2.75, 3.05) is 20.7 Å². The Morgan fingerprint density at radius 2 is 2.21 bits per heavy atom. The van der Waals surface area contributed by atoms with E-state index in [9.17, 15) is 5.11 Å². The molecular weight excluding hydrogens is 326 g/mol. The Morgan fingerprint density at radius 3 is 2.96 bits per heavy atom. The molecule has 128 valence electrons. The standard InChI is InChI=1S/C19H22ClNO3/c1-18-17(22)12(20)9-11-13-8-10-4-5-14(23-3)16(24-18)15(10)19(11,18)6-7-21(13)2/h4-5,9,12-13,17,22H,6-8H2,1-3H3/t12-,13+,17+,18+,19-/m0/s1. The van der Waals surface area contributed by atoms with Gasteiger partial charge in [-0.3, -0.25) is 4.90 Å². The van der Waals surface area contributed by atoms with Crippen LogP contribution in [0.2, 0.25) is 0 Å². The molecule has 4 aliphatic rings. The van der Waals surface area contributed by atoms with E-state index in [0.717, 1.165) is 30.9 Å². The highest BCUT2D eigenvalue weighted by molar-refractivity contribution is 6.22. The molecule has 0 unspecified atom stereocenters. The molecule has 1 saturated heterocycles. The quantitative estimate of drug-likeness (QED) is 0.625. The third-order valence-corrected chi connectivity index (χ3v) is 7.22. The van der Waals surface area contributed by atoms with Gasteiger partial charge >= 0.3 is 0 Å². The van der Waals surface area contributed by atoms with Crippen LogP contribution < -0.4 is 9.47 Å². The molecule has 1 fully saturated rings. The maximum atomic E-state index is 11.0. The van der Waals surface area contributed by atoms with Crippen LogP contribution in [0.25, 0.3) is 0 Å². The number of ether oxygens (including phenoxy) is 2. The molecule has 2 aliphatic carbocycles. The molecule has 24 heavy (non-hydrogen) atoms. The van der Waals surface area contributed by atoms with Crippen LogP contribution in [-0.2, 0) is 11.8 Å². The lowest BCUT2D eigenvalue weighted by molar-refractivity contribution is -0.0853. The zero-order chi connectivity index (χ0) is 16.9. The Morgan fingerprint density at radius 1 is 1.42 bits per heavy atom. The van der Waals surface area contributed by atoms with Crippen LogP contribution in [0.3, 0.4) is 0 Å². The van der Waals surface area contributed by atoms with Crippen molar-refractivity contribution in [1.29, 1.82) is 0 Å². The fraction of sp³-hybridized carbons (Fsp3) is 0.579. The first-order valence-corrected chi connectivity index (χ1v) is 9.01. The van der Waals surface area contributed by atoms with Gasteiger partial charge in [-0.2, -0.15) is 0 Å². The van der Waals surface area contributed by atoms with E-state index in [1.54, 1.807) is 7.11 Å². The normalized spacial score (nSPS) is 42.2. The highest BCUT2D eigenvalue weighted by Crippen LogP contribution is 2.66. The zero-order valence-corrected chi connectivity index (χ0v) is 14.9. The van der Waals surface area contributed by atoms with Crippen LogP contribution in [0.5, 0.6) is 11.5 Å². The van der Waals surface area contributed by atoms with E-state index in [-0.39, 0.29) is 5.41 Å². The van der Waals surface area contributed by atoms with Crippen LogP contribution in [0.1, 0.15) is 24.5 Å². The van der Waals surface area contributed by atoms with E-state index < -0.39 is 17.1 Å². The van der Waals surface area contributed by atoms with Gasteiger partial charge in [0.15, 0.2) is 11.5 Å². The lowest BCUT2D eigenvalue weighted by Crippen LogP contribution is -2.69. The van der Waals surface area contributed by atoms with E-state index in [0.29, 0.717) is 6.04 Å². The molecule has 5 heteroatoms. The SMILES string of the molecule is COc1ccc2c3c1O[C@]1(C)[C@H](O)[C@@H](Cl)C=C4[C@@H](C2)N(C)CC[C@]431. The Balaban J connectivity index is 1.89. The van der Waals surface area contributed by atoms with Gasteiger partial charge in [-0.05, 0) is 50.6 Å². The van der Waals surface area contributed by atoms with E-state index in [1.807, 2.05) is 13.0 Å². The molecule has 4 nitrogen and oxygen atoms in total. The fourth-order valence-electron chi connectivity index (χ4n) is 5.63. The van der Waals surface area contributed by atoms with Crippen molar-refractivity contribution in [2.45, 2.75) is 48.3 Å². The second kappa shape index (κ2) is 4.48. The lowest BCUT2D eigenvalue weighted by atomic mass is 9.51. The van der Waals surface area contributed by atoms with Crippen molar-refractivity contribution in [3.05, 3.63) is 34.9 Å². The average molecular weight is 348 g/mol. The highest BCUT2D eigenvalue weighted by Gasteiger charge is 2.70. The number of rotatable bonds is 1. The molecule has 1 spiro atoms. The van der Waals surface area contributed by atoms with E-state index in [2.05, 4.69) is 24.1 Å². The summed E-state index contributed by atoms with van der Waals surface area (Å²) in [7, 11) is 3.84. The van der Waals surface area contributed by atoms with Gasteiger partial charge in [0.05, 0.1) is 17.9 Å². The summed E-state index contributed by atoms with van der Waals surface area (Å²) in [6.07, 6.45) is 3.22. The van der Waals surface area contributed by atoms with Gasteiger partial charge < -0.3 is 14.6 Å². The molecule has 5 rings (SSSR count). The van der Waals surface area contributed by atoms with E-state index >= 15 is 0 Å². The molecule has 1 N–H and O–H groups in total. The Hall–Kier alpha value is -1.23. The van der Waals surface area contributed by atoms with Gasteiger partial charge in [0.1, 0.15) is 11.7 Å². The minimum absolute atomic E-state index is 0.299. The molecule has 1 aromatic rings. The number of halogens is 1. The maximum absolute atomic E-state index is 11.0. The molecule has 0 aromatic heterocycles. The molecular formula is C19H22ClNO3. The van der Waals surface area contributed by atoms with Crippen molar-refractivity contribution in [1.82, 2.24) is 4.90 Å². The van der Waals surface area contributed by atoms with Crippen LogP contribution in [-0.4, -0.2) is 53.8 Å². The number of hydrogen-bond donors (Lipinski definition) is 1. The third kappa shape index (κ3) is 1.41. The minimum atomic E-state index is -0.755. The summed E-state index contributed by atoms with van der Waals surface area (Å²) in [6.45, 7) is 3.01. The van der Waals surface area contributed by atoms with Gasteiger partial charge in [0.2, 0.25) is 0 Å². The number of alkyl halides is 1. The number of nitrogens with zero attached hydrogens (tertiary/aromatic N) is 1. The fourth-order valence-corrected chi connectivity index (χ4v) is 6.00. The van der Waals surface area contributed by atoms with Crippen molar-refractivity contribution >= 4 is 11.6 Å². The van der Waals surface area contributed by atoms with Crippen molar-refractivity contribution in [3.8, 4) is 11.5 Å². The summed E-state index contributed by atoms with van der Waals surface area (Å²) >= 11 is 6.53. The molecule has 0 radical (unpaired) electrons. The number of likely N-dealkylation sites (tertiary alicyclic amines) is 1. The van der Waals surface area contributed by atoms with Crippen molar-refractivity contribution in [3.63, 3.8) is 0 Å². The number of piperidine rings is 1. The van der Waals surface area contributed by atoms with E-state index in [4.69, 9.17) is 21.1 Å². The van der Waals surface area contributed by atoms with Crippen molar-refractivity contribution in [2.24, 2.45) is 0 Å². The smallest absolute Gasteiger partial charge is 0.166 e. The zero-order valence-electron chi connectivity index (χ0n) is 14.2. The van der Waals surface area contributed by atoms with Gasteiger partial charge in [0.25, 0.3) is 0 Å². The summed E-state index contributed by atoms with van der Waals surface area (Å²) in [6, 6.07) is 4.47. The Kier molecular flexibility index (Phi) is 2.81. The van der Waals surface area contributed by atoms with E-state index in [1.165, 1.54) is 16.7 Å². The van der Waals surface area contributed by atoms with Gasteiger partial charge in [-0.15, -0.1) is 11.6 Å². The predicted molar refractivity (Wildman–Crippen MR) is 92.2 cm³/mol. The molecule has 2 bridgehead atoms. The minimum Gasteiger partial charge on any atom is -0.493 e. The Labute approximate surface area is 147 Å². The first kappa shape index (κ1) is 15.1. The topological polar surface area (TPSA) is 41.9 Å². The van der Waals surface area contributed by atoms with Crippen LogP contribution in [0.15, 0.2) is 23.8 Å². The van der Waals surface area contributed by atoms with Crippen LogP contribution in [0, 0.1) is 0 Å². The summed E-state index contributed by atoms with van der Waals surface area (Å²) in [5.41, 5.74) is 2.80. The summed E-state index contributed by atoms with van der Waals surface area (Å²) in [5.74, 6) is 1.55. The van der Waals surface area contributed by atoms with Gasteiger partial charge in [-0.25, -0.2) is 0 Å². The lowest BCUT2D eigenvalue weighted by Gasteiger charge is -2.58. The predicted octanol–water partition coefficient (Wildman–Crippen LogP) is 2.25. The number of methoxy groups -OCH3 is 1. The first-order chi connectivity index (χ1) is 11.4. The Bertz CT molecular complexity index is 778. The second-order valence-electron chi connectivity index (χ2n) is 7.71. The number of aliphatic hydroxyl groups excluding tert-OH is 1. The van der Waals surface area contributed by atoms with Crippen LogP contribution >= 0.6 is 11.6 Å². The molecule has 2 aliphatic heterocycles. The molecule has 0 saturated carbocycles. The van der Waals surface area contributed by atoms with Gasteiger partial charge in [-0.1, -0.05) is 12.1 Å². The molecule has 1 aromatic carbocycles. The summed E-state index contributed by atoms with van der Waals surface area (Å²) in [5, 5.41) is 10.6. The highest BCUT2D eigenvalue weighted by atomic mass is 35.5. The summed E-state index contributed by atoms with van der Waals surface area (Å²) < 4.78 is 12.1. The van der Waals surface area contributed by atoms with Crippen molar-refractivity contribution < 1.29 is 14.6 Å². The molecule has 5 atom stereocenters. The number of hydrogen-bond acceptors (Lipinski definition) is 4. The first-order valence-electron chi connectivity index (χ1n) is 8.58. The molecule has 2 heterocycles. The summed E-state index contributed by atoms with van der Waals surface area (Å²) in [4.78, 5) is 2.41. The largest absolute Gasteiger partial charge is 0.493 e. The third-order valence-electron chi connectivity index (χ3n) is 6.86. The maximum Gasteiger partial charge on any atom is 0.166 e.